The zero-order valence-corrected chi connectivity index (χ0v) is 23.5. The van der Waals surface area contributed by atoms with Gasteiger partial charge >= 0.3 is 0 Å². The van der Waals surface area contributed by atoms with Gasteiger partial charge in [0.15, 0.2) is 0 Å². The Hall–Kier alpha value is -1.86. The largest absolute Gasteiger partial charge is 0.377 e. The lowest BCUT2D eigenvalue weighted by Gasteiger charge is -2.28. The molecule has 2 unspecified atom stereocenters. The number of methoxy groups -OCH3 is 1. The van der Waals surface area contributed by atoms with Crippen molar-refractivity contribution in [3.05, 3.63) is 77.4 Å². The molecule has 1 aliphatic carbocycles. The Labute approximate surface area is 222 Å². The van der Waals surface area contributed by atoms with E-state index in [1.54, 1.807) is 0 Å². The lowest BCUT2D eigenvalue weighted by atomic mass is 9.77. The van der Waals surface area contributed by atoms with Crippen molar-refractivity contribution < 1.29 is 4.74 Å². The van der Waals surface area contributed by atoms with Gasteiger partial charge in [0, 0.05) is 7.11 Å². The van der Waals surface area contributed by atoms with Crippen molar-refractivity contribution >= 4 is 6.08 Å². The smallest absolute Gasteiger partial charge is 0.0821 e. The summed E-state index contributed by atoms with van der Waals surface area (Å²) >= 11 is 0. The van der Waals surface area contributed by atoms with Gasteiger partial charge in [-0.05, 0) is 67.1 Å². The summed E-state index contributed by atoms with van der Waals surface area (Å²) in [5.74, 6) is 2.80. The van der Waals surface area contributed by atoms with Gasteiger partial charge in [0.05, 0.1) is 6.10 Å². The summed E-state index contributed by atoms with van der Waals surface area (Å²) in [5.41, 5.74) is 4.13. The van der Waals surface area contributed by atoms with Gasteiger partial charge in [-0.3, -0.25) is 0 Å². The molecule has 1 nitrogen and oxygen atoms in total. The Kier molecular flexibility index (Phi) is 13.4. The van der Waals surface area contributed by atoms with E-state index >= 15 is 0 Å². The second-order valence-electron chi connectivity index (χ2n) is 11.5. The maximum atomic E-state index is 5.76. The van der Waals surface area contributed by atoms with Crippen molar-refractivity contribution in [3.63, 3.8) is 0 Å². The van der Waals surface area contributed by atoms with Crippen LogP contribution in [0, 0.1) is 17.8 Å². The summed E-state index contributed by atoms with van der Waals surface area (Å²) in [6.45, 7) is 4.51. The molecular weight excluding hydrogens is 436 g/mol. The van der Waals surface area contributed by atoms with E-state index in [1.807, 2.05) is 7.11 Å². The van der Waals surface area contributed by atoms with E-state index in [2.05, 4.69) is 80.6 Å². The first-order valence-electron chi connectivity index (χ1n) is 15.0. The molecule has 1 fully saturated rings. The van der Waals surface area contributed by atoms with Crippen LogP contribution >= 0.6 is 0 Å². The SMILES string of the molecule is C/C=C\c1ccc(CCCCC2CCC(CCCCC(C)CCC(OC)c3ccccc3)CC2)cc1. The Morgan fingerprint density at radius 3 is 2.03 bits per heavy atom. The van der Waals surface area contributed by atoms with Crippen molar-refractivity contribution in [2.45, 2.75) is 110 Å². The number of ether oxygens (including phenoxy) is 1. The maximum Gasteiger partial charge on any atom is 0.0821 e. The molecule has 0 N–H and O–H groups in total. The van der Waals surface area contributed by atoms with Crippen LogP contribution in [0.2, 0.25) is 0 Å². The predicted molar refractivity (Wildman–Crippen MR) is 157 cm³/mol. The van der Waals surface area contributed by atoms with E-state index in [0.29, 0.717) is 0 Å². The van der Waals surface area contributed by atoms with Crippen molar-refractivity contribution in [1.29, 1.82) is 0 Å². The number of hydrogen-bond acceptors (Lipinski definition) is 1. The molecule has 0 aliphatic heterocycles. The summed E-state index contributed by atoms with van der Waals surface area (Å²) in [6, 6.07) is 19.8. The first-order valence-corrected chi connectivity index (χ1v) is 15.0. The quantitative estimate of drug-likeness (QED) is 0.213. The lowest BCUT2D eigenvalue weighted by molar-refractivity contribution is 0.0893. The van der Waals surface area contributed by atoms with Gasteiger partial charge in [-0.25, -0.2) is 0 Å². The molecule has 0 spiro atoms. The third kappa shape index (κ3) is 10.6. The molecule has 0 aromatic heterocycles. The summed E-state index contributed by atoms with van der Waals surface area (Å²) < 4.78 is 5.76. The van der Waals surface area contributed by atoms with Crippen LogP contribution in [0.1, 0.15) is 120 Å². The standard InChI is InChI=1S/C35H52O/c1-4-12-30-20-22-32(23-21-30)15-10-11-16-33-26-24-31(25-27-33)14-9-8-13-29(2)19-28-35(36-3)34-17-6-5-7-18-34/h4-7,12,17-18,20-23,29,31,33,35H,8-11,13-16,19,24-28H2,1-3H3/b12-4-. The molecule has 0 amide bonds. The lowest BCUT2D eigenvalue weighted by Crippen LogP contribution is -2.14. The summed E-state index contributed by atoms with van der Waals surface area (Å²) in [5, 5.41) is 0. The maximum absolute atomic E-state index is 5.76. The first-order chi connectivity index (χ1) is 17.7. The molecule has 2 atom stereocenters. The van der Waals surface area contributed by atoms with Crippen LogP contribution in [0.15, 0.2) is 60.7 Å². The van der Waals surface area contributed by atoms with Crippen LogP contribution in [0.25, 0.3) is 6.08 Å². The highest BCUT2D eigenvalue weighted by molar-refractivity contribution is 5.49. The molecule has 0 heterocycles. The topological polar surface area (TPSA) is 9.23 Å². The van der Waals surface area contributed by atoms with Gasteiger partial charge in [0.1, 0.15) is 0 Å². The van der Waals surface area contributed by atoms with Gasteiger partial charge in [0.2, 0.25) is 0 Å². The molecule has 0 saturated heterocycles. The van der Waals surface area contributed by atoms with Crippen LogP contribution in [-0.2, 0) is 11.2 Å². The monoisotopic (exact) mass is 488 g/mol. The van der Waals surface area contributed by atoms with Gasteiger partial charge < -0.3 is 4.74 Å². The highest BCUT2D eigenvalue weighted by Gasteiger charge is 2.20. The first kappa shape index (κ1) is 28.7. The fourth-order valence-electron chi connectivity index (χ4n) is 6.15. The Morgan fingerprint density at radius 1 is 0.778 bits per heavy atom. The van der Waals surface area contributed by atoms with E-state index in [-0.39, 0.29) is 6.10 Å². The number of benzene rings is 2. The molecule has 0 bridgehead atoms. The molecule has 2 aromatic rings. The fraction of sp³-hybridized carbons (Fsp3) is 0.600. The number of unbranched alkanes of at least 4 members (excludes halogenated alkanes) is 2. The highest BCUT2D eigenvalue weighted by Crippen LogP contribution is 2.35. The molecule has 0 radical (unpaired) electrons. The van der Waals surface area contributed by atoms with E-state index < -0.39 is 0 Å². The Balaban J connectivity index is 1.19. The number of hydrogen-bond donors (Lipinski definition) is 0. The summed E-state index contributed by atoms with van der Waals surface area (Å²) in [7, 11) is 1.85. The zero-order valence-electron chi connectivity index (χ0n) is 23.5. The van der Waals surface area contributed by atoms with Crippen LogP contribution in [0.3, 0.4) is 0 Å². The third-order valence-corrected chi connectivity index (χ3v) is 8.57. The average molecular weight is 489 g/mol. The van der Waals surface area contributed by atoms with Crippen molar-refractivity contribution in [2.75, 3.05) is 7.11 Å². The molecular formula is C35H52O. The normalized spacial score (nSPS) is 20.0. The second-order valence-corrected chi connectivity index (χ2v) is 11.5. The molecule has 2 aromatic carbocycles. The summed E-state index contributed by atoms with van der Waals surface area (Å²) in [4.78, 5) is 0. The number of aryl methyl sites for hydroxylation is 1. The molecule has 1 heteroatoms. The Morgan fingerprint density at radius 2 is 1.42 bits per heavy atom. The molecule has 1 saturated carbocycles. The van der Waals surface area contributed by atoms with Crippen molar-refractivity contribution in [2.24, 2.45) is 17.8 Å². The van der Waals surface area contributed by atoms with Gasteiger partial charge in [-0.2, -0.15) is 0 Å². The minimum Gasteiger partial charge on any atom is -0.377 e. The molecule has 1 aliphatic rings. The van der Waals surface area contributed by atoms with Crippen molar-refractivity contribution in [1.82, 2.24) is 0 Å². The minimum atomic E-state index is 0.249. The van der Waals surface area contributed by atoms with Gasteiger partial charge in [-0.1, -0.05) is 138 Å². The summed E-state index contributed by atoms with van der Waals surface area (Å²) in [6.07, 6.45) is 24.0. The van der Waals surface area contributed by atoms with E-state index in [9.17, 15) is 0 Å². The highest BCUT2D eigenvalue weighted by atomic mass is 16.5. The number of allylic oxidation sites excluding steroid dienone is 1. The third-order valence-electron chi connectivity index (χ3n) is 8.57. The van der Waals surface area contributed by atoms with E-state index in [0.717, 1.165) is 24.2 Å². The van der Waals surface area contributed by atoms with Crippen molar-refractivity contribution in [3.8, 4) is 0 Å². The number of rotatable bonds is 16. The zero-order chi connectivity index (χ0) is 25.4. The van der Waals surface area contributed by atoms with Crippen LogP contribution < -0.4 is 0 Å². The molecule has 3 rings (SSSR count). The van der Waals surface area contributed by atoms with Crippen LogP contribution in [-0.4, -0.2) is 7.11 Å². The van der Waals surface area contributed by atoms with Crippen LogP contribution in [0.4, 0.5) is 0 Å². The minimum absolute atomic E-state index is 0.249. The molecule has 36 heavy (non-hydrogen) atoms. The Bertz CT molecular complexity index is 829. The van der Waals surface area contributed by atoms with Gasteiger partial charge in [0.25, 0.3) is 0 Å². The fourth-order valence-corrected chi connectivity index (χ4v) is 6.15. The van der Waals surface area contributed by atoms with Crippen LogP contribution in [0.5, 0.6) is 0 Å². The van der Waals surface area contributed by atoms with Gasteiger partial charge in [-0.15, -0.1) is 0 Å². The second kappa shape index (κ2) is 16.8. The van der Waals surface area contributed by atoms with E-state index in [4.69, 9.17) is 4.74 Å². The average Bonchev–Trinajstić information content (AvgIpc) is 2.92. The predicted octanol–water partition coefficient (Wildman–Crippen LogP) is 10.6. The van der Waals surface area contributed by atoms with E-state index in [1.165, 1.54) is 100 Å². The molecule has 198 valence electrons.